The standard InChI is InChI=1S/C23H23Cl2NO4/c1-23(2,3)30-20(27)10-15-9-19(22(28)29-13-14-7-5-4-6-8-14)26-18-12-16(24)11-17(25)21(15)18/h4-8,10-12,19,26H,9,13H2,1-3H3. The summed E-state index contributed by atoms with van der Waals surface area (Å²) in [5.41, 5.74) is 2.02. The fraction of sp³-hybridized carbons (Fsp3) is 0.304. The second-order valence-corrected chi connectivity index (χ2v) is 8.85. The normalized spacial score (nSPS) is 17.1. The maximum atomic E-state index is 12.7. The largest absolute Gasteiger partial charge is 0.459 e. The highest BCUT2D eigenvalue weighted by Gasteiger charge is 2.31. The lowest BCUT2D eigenvalue weighted by Crippen LogP contribution is -2.35. The quantitative estimate of drug-likeness (QED) is 0.484. The summed E-state index contributed by atoms with van der Waals surface area (Å²) in [5, 5.41) is 3.93. The Balaban J connectivity index is 1.85. The molecule has 0 saturated carbocycles. The van der Waals surface area contributed by atoms with Gasteiger partial charge >= 0.3 is 11.9 Å². The number of rotatable bonds is 4. The Morgan fingerprint density at radius 2 is 1.87 bits per heavy atom. The van der Waals surface area contributed by atoms with Crippen molar-refractivity contribution >= 4 is 46.4 Å². The molecule has 0 fully saturated rings. The van der Waals surface area contributed by atoms with Gasteiger partial charge in [0.25, 0.3) is 0 Å². The second-order valence-electron chi connectivity index (χ2n) is 8.01. The van der Waals surface area contributed by atoms with E-state index in [0.717, 1.165) is 5.56 Å². The van der Waals surface area contributed by atoms with Gasteiger partial charge < -0.3 is 14.8 Å². The van der Waals surface area contributed by atoms with E-state index in [4.69, 9.17) is 32.7 Å². The SMILES string of the molecule is CC(C)(C)OC(=O)C=C1CC(C(=O)OCc2ccccc2)Nc2cc(Cl)cc(Cl)c21. The lowest BCUT2D eigenvalue weighted by molar-refractivity contribution is -0.149. The Morgan fingerprint density at radius 3 is 2.53 bits per heavy atom. The Morgan fingerprint density at radius 1 is 1.17 bits per heavy atom. The van der Waals surface area contributed by atoms with Gasteiger partial charge in [-0.2, -0.15) is 0 Å². The van der Waals surface area contributed by atoms with Crippen LogP contribution in [0.1, 0.15) is 38.3 Å². The molecule has 0 radical (unpaired) electrons. The zero-order valence-corrected chi connectivity index (χ0v) is 18.5. The van der Waals surface area contributed by atoms with E-state index in [1.807, 2.05) is 30.3 Å². The van der Waals surface area contributed by atoms with Gasteiger partial charge in [-0.15, -0.1) is 0 Å². The van der Waals surface area contributed by atoms with Crippen LogP contribution in [0.25, 0.3) is 5.57 Å². The van der Waals surface area contributed by atoms with Crippen LogP contribution in [-0.2, 0) is 25.7 Å². The molecule has 30 heavy (non-hydrogen) atoms. The maximum Gasteiger partial charge on any atom is 0.331 e. The Labute approximate surface area is 186 Å². The molecule has 3 rings (SSSR count). The van der Waals surface area contributed by atoms with Crippen LogP contribution in [0, 0.1) is 0 Å². The van der Waals surface area contributed by atoms with Gasteiger partial charge in [-0.3, -0.25) is 0 Å². The summed E-state index contributed by atoms with van der Waals surface area (Å²) >= 11 is 12.5. The zero-order chi connectivity index (χ0) is 21.9. The van der Waals surface area contributed by atoms with Crippen molar-refractivity contribution < 1.29 is 19.1 Å². The van der Waals surface area contributed by atoms with Gasteiger partial charge in [-0.05, 0) is 44.0 Å². The fourth-order valence-corrected chi connectivity index (χ4v) is 3.77. The number of hydrogen-bond donors (Lipinski definition) is 1. The number of esters is 2. The first kappa shape index (κ1) is 22.2. The maximum absolute atomic E-state index is 12.7. The zero-order valence-electron chi connectivity index (χ0n) is 17.0. The van der Waals surface area contributed by atoms with Crippen molar-refractivity contribution in [3.63, 3.8) is 0 Å². The molecule has 0 aromatic heterocycles. The molecule has 0 saturated heterocycles. The van der Waals surface area contributed by atoms with Crippen LogP contribution < -0.4 is 5.32 Å². The van der Waals surface area contributed by atoms with Crippen molar-refractivity contribution in [1.82, 2.24) is 0 Å². The van der Waals surface area contributed by atoms with Crippen LogP contribution in [0.2, 0.25) is 10.0 Å². The number of carbonyl (C=O) groups excluding carboxylic acids is 2. The van der Waals surface area contributed by atoms with Crippen LogP contribution in [0.4, 0.5) is 5.69 Å². The molecule has 0 spiro atoms. The van der Waals surface area contributed by atoms with Crippen LogP contribution in [0.15, 0.2) is 48.5 Å². The molecule has 1 heterocycles. The molecule has 2 aromatic carbocycles. The van der Waals surface area contributed by atoms with E-state index < -0.39 is 23.6 Å². The number of ether oxygens (including phenoxy) is 2. The van der Waals surface area contributed by atoms with Crippen molar-refractivity contribution in [2.45, 2.75) is 45.4 Å². The fourth-order valence-electron chi connectivity index (χ4n) is 3.15. The van der Waals surface area contributed by atoms with Crippen molar-refractivity contribution in [3.8, 4) is 0 Å². The summed E-state index contributed by atoms with van der Waals surface area (Å²) in [6.07, 6.45) is 1.60. The highest BCUT2D eigenvalue weighted by Crippen LogP contribution is 2.40. The van der Waals surface area contributed by atoms with E-state index in [1.54, 1.807) is 32.9 Å². The molecule has 0 bridgehead atoms. The first-order valence-corrected chi connectivity index (χ1v) is 10.3. The third-order valence-electron chi connectivity index (χ3n) is 4.34. The van der Waals surface area contributed by atoms with Gasteiger partial charge in [0.15, 0.2) is 0 Å². The summed E-state index contributed by atoms with van der Waals surface area (Å²) in [6.45, 7) is 5.52. The monoisotopic (exact) mass is 447 g/mol. The molecule has 158 valence electrons. The van der Waals surface area contributed by atoms with Gasteiger partial charge in [0.05, 0.1) is 5.02 Å². The lowest BCUT2D eigenvalue weighted by Gasteiger charge is -2.29. The minimum Gasteiger partial charge on any atom is -0.459 e. The highest BCUT2D eigenvalue weighted by molar-refractivity contribution is 6.36. The Bertz CT molecular complexity index is 981. The summed E-state index contributed by atoms with van der Waals surface area (Å²) < 4.78 is 10.9. The number of hydrogen-bond acceptors (Lipinski definition) is 5. The number of halogens is 2. The molecule has 1 N–H and O–H groups in total. The van der Waals surface area contributed by atoms with E-state index in [0.29, 0.717) is 26.9 Å². The van der Waals surface area contributed by atoms with Crippen LogP contribution >= 0.6 is 23.2 Å². The third kappa shape index (κ3) is 5.77. The summed E-state index contributed by atoms with van der Waals surface area (Å²) in [6, 6.07) is 12.0. The number of carbonyl (C=O) groups is 2. The van der Waals surface area contributed by atoms with E-state index in [-0.39, 0.29) is 13.0 Å². The summed E-state index contributed by atoms with van der Waals surface area (Å²) in [4.78, 5) is 25.1. The van der Waals surface area contributed by atoms with Crippen molar-refractivity contribution in [1.29, 1.82) is 0 Å². The van der Waals surface area contributed by atoms with Gasteiger partial charge in [-0.25, -0.2) is 9.59 Å². The van der Waals surface area contributed by atoms with E-state index in [1.165, 1.54) is 6.08 Å². The molecule has 0 aliphatic carbocycles. The number of benzene rings is 2. The van der Waals surface area contributed by atoms with Crippen molar-refractivity contribution in [2.75, 3.05) is 5.32 Å². The molecule has 1 atom stereocenters. The predicted molar refractivity (Wildman–Crippen MR) is 119 cm³/mol. The lowest BCUT2D eigenvalue weighted by atomic mass is 9.92. The predicted octanol–water partition coefficient (Wildman–Crippen LogP) is 5.65. The van der Waals surface area contributed by atoms with Crippen molar-refractivity contribution in [2.24, 2.45) is 0 Å². The minimum atomic E-state index is -0.690. The van der Waals surface area contributed by atoms with Crippen LogP contribution in [-0.4, -0.2) is 23.6 Å². The molecular weight excluding hydrogens is 425 g/mol. The first-order valence-electron chi connectivity index (χ1n) is 9.52. The first-order chi connectivity index (χ1) is 14.1. The van der Waals surface area contributed by atoms with Crippen LogP contribution in [0.5, 0.6) is 0 Å². The Hall–Kier alpha value is -2.50. The summed E-state index contributed by atoms with van der Waals surface area (Å²) in [5.74, 6) is -0.941. The molecule has 2 aromatic rings. The second kappa shape index (κ2) is 9.11. The highest BCUT2D eigenvalue weighted by atomic mass is 35.5. The minimum absolute atomic E-state index is 0.159. The number of nitrogens with one attached hydrogen (secondary N) is 1. The molecule has 0 amide bonds. The number of anilines is 1. The molecule has 1 unspecified atom stereocenters. The third-order valence-corrected chi connectivity index (χ3v) is 4.85. The topological polar surface area (TPSA) is 64.6 Å². The van der Waals surface area contributed by atoms with Gasteiger partial charge in [0.2, 0.25) is 0 Å². The van der Waals surface area contributed by atoms with E-state index in [9.17, 15) is 9.59 Å². The van der Waals surface area contributed by atoms with Gasteiger partial charge in [0.1, 0.15) is 18.2 Å². The van der Waals surface area contributed by atoms with Crippen molar-refractivity contribution in [3.05, 3.63) is 69.7 Å². The number of fused-ring (bicyclic) bond motifs is 1. The molecule has 1 aliphatic heterocycles. The molecule has 7 heteroatoms. The van der Waals surface area contributed by atoms with Gasteiger partial charge in [-0.1, -0.05) is 53.5 Å². The Kier molecular flexibility index (Phi) is 6.74. The molecule has 1 aliphatic rings. The van der Waals surface area contributed by atoms with E-state index >= 15 is 0 Å². The van der Waals surface area contributed by atoms with E-state index in [2.05, 4.69) is 5.32 Å². The molecule has 5 nitrogen and oxygen atoms in total. The average molecular weight is 448 g/mol. The average Bonchev–Trinajstić information content (AvgIpc) is 2.64. The summed E-state index contributed by atoms with van der Waals surface area (Å²) in [7, 11) is 0. The smallest absolute Gasteiger partial charge is 0.331 e. The van der Waals surface area contributed by atoms with Gasteiger partial charge in [0, 0.05) is 28.8 Å². The molecular formula is C23H23Cl2NO4. The van der Waals surface area contributed by atoms with Crippen LogP contribution in [0.3, 0.4) is 0 Å².